The van der Waals surface area contributed by atoms with Crippen LogP contribution in [0.2, 0.25) is 0 Å². The molecular formula is C36H44N4O3S2. The quantitative estimate of drug-likeness (QED) is 0.0664. The highest BCUT2D eigenvalue weighted by Gasteiger charge is 2.41. The maximum absolute atomic E-state index is 12.7. The summed E-state index contributed by atoms with van der Waals surface area (Å²) < 4.78 is 12.0. The Morgan fingerprint density at radius 3 is 2.31 bits per heavy atom. The lowest BCUT2D eigenvalue weighted by Gasteiger charge is -2.54. The number of fused-ring (bicyclic) bond motifs is 1. The van der Waals surface area contributed by atoms with Crippen LogP contribution in [0.3, 0.4) is 0 Å². The Morgan fingerprint density at radius 1 is 0.956 bits per heavy atom. The predicted octanol–water partition coefficient (Wildman–Crippen LogP) is 11.0. The zero-order valence-corrected chi connectivity index (χ0v) is 28.9. The molecule has 0 radical (unpaired) electrons. The maximum Gasteiger partial charge on any atom is 0.338 e. The number of anilines is 1. The van der Waals surface area contributed by atoms with Gasteiger partial charge in [0, 0.05) is 21.6 Å². The molecule has 1 aliphatic rings. The first kappa shape index (κ1) is 32.8. The minimum absolute atomic E-state index is 0.107. The van der Waals surface area contributed by atoms with Crippen molar-refractivity contribution in [2.45, 2.75) is 90.6 Å². The minimum Gasteiger partial charge on any atom is -0.494 e. The van der Waals surface area contributed by atoms with Crippen molar-refractivity contribution in [1.29, 1.82) is 0 Å². The zero-order chi connectivity index (χ0) is 32.0. The Hall–Kier alpha value is -3.56. The molecule has 0 spiro atoms. The van der Waals surface area contributed by atoms with Gasteiger partial charge in [0.15, 0.2) is 0 Å². The summed E-state index contributed by atoms with van der Waals surface area (Å²) >= 11 is 2.99. The van der Waals surface area contributed by atoms with Crippen LogP contribution in [0.25, 0.3) is 21.2 Å². The lowest BCUT2D eigenvalue weighted by molar-refractivity contribution is -0.133. The van der Waals surface area contributed by atoms with E-state index < -0.39 is 0 Å². The van der Waals surface area contributed by atoms with Crippen LogP contribution in [0.15, 0.2) is 64.8 Å². The molecule has 1 saturated heterocycles. The van der Waals surface area contributed by atoms with Gasteiger partial charge in [-0.05, 0) is 107 Å². The van der Waals surface area contributed by atoms with Gasteiger partial charge in [-0.3, -0.25) is 0 Å². The largest absolute Gasteiger partial charge is 0.494 e. The van der Waals surface area contributed by atoms with Crippen molar-refractivity contribution in [1.82, 2.24) is 4.98 Å². The fraction of sp³-hybridized carbons (Fsp3) is 0.444. The molecule has 2 aromatic heterocycles. The molecule has 0 N–H and O–H groups in total. The Kier molecular flexibility index (Phi) is 10.4. The van der Waals surface area contributed by atoms with Crippen LogP contribution >= 0.6 is 22.7 Å². The number of nitrogens with zero attached hydrogens (tertiary/aromatic N) is 4. The highest BCUT2D eigenvalue weighted by atomic mass is 32.1. The van der Waals surface area contributed by atoms with Crippen molar-refractivity contribution < 1.29 is 14.3 Å². The number of carbonyl (C=O) groups is 1. The molecule has 45 heavy (non-hydrogen) atoms. The van der Waals surface area contributed by atoms with E-state index in [0.29, 0.717) is 17.3 Å². The zero-order valence-electron chi connectivity index (χ0n) is 27.3. The Labute approximate surface area is 275 Å². The highest BCUT2D eigenvalue weighted by Crippen LogP contribution is 2.42. The monoisotopic (exact) mass is 644 g/mol. The molecule has 1 aliphatic heterocycles. The number of unbranched alkanes of at least 4 members (excludes halogenated alkanes) is 3. The van der Waals surface area contributed by atoms with Crippen molar-refractivity contribution in [2.24, 2.45) is 10.2 Å². The molecule has 3 heterocycles. The Bertz CT molecular complexity index is 1600. The van der Waals surface area contributed by atoms with Gasteiger partial charge in [-0.25, -0.2) is 9.78 Å². The van der Waals surface area contributed by atoms with E-state index in [-0.39, 0.29) is 17.0 Å². The first-order chi connectivity index (χ1) is 21.6. The average molecular weight is 645 g/mol. The molecule has 0 unspecified atom stereocenters. The molecule has 0 aliphatic carbocycles. The fourth-order valence-electron chi connectivity index (χ4n) is 6.28. The van der Waals surface area contributed by atoms with Gasteiger partial charge in [-0.1, -0.05) is 49.7 Å². The van der Waals surface area contributed by atoms with Crippen LogP contribution in [0.5, 0.6) is 5.75 Å². The summed E-state index contributed by atoms with van der Waals surface area (Å²) in [5.74, 6) is 0.411. The summed E-state index contributed by atoms with van der Waals surface area (Å²) in [7, 11) is 1.40. The number of rotatable bonds is 12. The smallest absolute Gasteiger partial charge is 0.338 e. The van der Waals surface area contributed by atoms with E-state index in [1.54, 1.807) is 0 Å². The third-order valence-corrected chi connectivity index (χ3v) is 10.4. The maximum atomic E-state index is 12.7. The summed E-state index contributed by atoms with van der Waals surface area (Å²) in [6.07, 6.45) is 10.1. The Balaban J connectivity index is 1.27. The highest BCUT2D eigenvalue weighted by molar-refractivity contribution is 7.29. The second kappa shape index (κ2) is 14.3. The van der Waals surface area contributed by atoms with E-state index in [2.05, 4.69) is 66.9 Å². The third kappa shape index (κ3) is 8.00. The number of aromatic nitrogens is 1. The third-order valence-electron chi connectivity index (χ3n) is 8.37. The second-order valence-corrected chi connectivity index (χ2v) is 14.9. The number of benzene rings is 2. The summed E-state index contributed by atoms with van der Waals surface area (Å²) in [6, 6.07) is 18.0. The predicted molar refractivity (Wildman–Crippen MR) is 189 cm³/mol. The van der Waals surface area contributed by atoms with Gasteiger partial charge < -0.3 is 14.4 Å². The summed E-state index contributed by atoms with van der Waals surface area (Å²) in [5.41, 5.74) is 3.49. The fourth-order valence-corrected chi connectivity index (χ4v) is 8.27. The molecule has 5 rings (SSSR count). The molecule has 0 amide bonds. The van der Waals surface area contributed by atoms with E-state index in [1.807, 2.05) is 48.5 Å². The molecule has 4 aromatic rings. The molecule has 0 saturated carbocycles. The van der Waals surface area contributed by atoms with Crippen LogP contribution in [0.1, 0.15) is 90.0 Å². The van der Waals surface area contributed by atoms with E-state index in [4.69, 9.17) is 9.47 Å². The van der Waals surface area contributed by atoms with Gasteiger partial charge in [0.2, 0.25) is 5.13 Å². The number of carbonyl (C=O) groups excluding carboxylic acids is 1. The number of azo groups is 1. The number of piperidine rings is 1. The van der Waals surface area contributed by atoms with Crippen LogP contribution < -0.4 is 9.64 Å². The minimum atomic E-state index is -0.388. The average Bonchev–Trinajstić information content (AvgIpc) is 3.57. The van der Waals surface area contributed by atoms with Crippen molar-refractivity contribution in [2.75, 3.05) is 18.6 Å². The van der Waals surface area contributed by atoms with Gasteiger partial charge >= 0.3 is 5.97 Å². The lowest BCUT2D eigenvalue weighted by atomic mass is 9.79. The number of hydrogen-bond donors (Lipinski definition) is 0. The van der Waals surface area contributed by atoms with Gasteiger partial charge in [-0.15, -0.1) is 21.6 Å². The first-order valence-electron chi connectivity index (χ1n) is 15.9. The van der Waals surface area contributed by atoms with Crippen molar-refractivity contribution in [3.8, 4) is 5.75 Å². The molecule has 2 aromatic carbocycles. The molecule has 9 heteroatoms. The number of methoxy groups -OCH3 is 1. The van der Waals surface area contributed by atoms with Gasteiger partial charge in [0.1, 0.15) is 10.6 Å². The normalized spacial score (nSPS) is 16.4. The van der Waals surface area contributed by atoms with Gasteiger partial charge in [-0.2, -0.15) is 0 Å². The van der Waals surface area contributed by atoms with E-state index >= 15 is 0 Å². The second-order valence-electron chi connectivity index (χ2n) is 12.8. The van der Waals surface area contributed by atoms with Gasteiger partial charge in [0.25, 0.3) is 0 Å². The summed E-state index contributed by atoms with van der Waals surface area (Å²) in [5, 5.41) is 9.51. The number of thiazole rings is 1. The van der Waals surface area contributed by atoms with E-state index in [1.165, 1.54) is 74.0 Å². The number of esters is 1. The molecular weight excluding hydrogens is 601 g/mol. The molecule has 1 fully saturated rings. The van der Waals surface area contributed by atoms with Crippen LogP contribution in [-0.2, 0) is 9.53 Å². The molecule has 0 bridgehead atoms. The molecule has 0 atom stereocenters. The summed E-state index contributed by atoms with van der Waals surface area (Å²) in [6.45, 7) is 12.2. The SMILES string of the molecule is CCCCCCOc1ccc(/C(=C/c2cc3sc(N=Nc4ccc(N5C(C)(C)CCCC5(C)C)cc4)nc3s2)C(=O)OC)cc1. The van der Waals surface area contributed by atoms with Crippen molar-refractivity contribution in [3.63, 3.8) is 0 Å². The van der Waals surface area contributed by atoms with Crippen LogP contribution in [0, 0.1) is 0 Å². The number of thiophene rings is 1. The van der Waals surface area contributed by atoms with Crippen LogP contribution in [0.4, 0.5) is 16.5 Å². The van der Waals surface area contributed by atoms with Crippen LogP contribution in [-0.4, -0.2) is 35.7 Å². The van der Waals surface area contributed by atoms with Crippen molar-refractivity contribution >= 4 is 66.3 Å². The van der Waals surface area contributed by atoms with E-state index in [0.717, 1.165) is 37.8 Å². The molecule has 7 nitrogen and oxygen atoms in total. The number of hydrogen-bond acceptors (Lipinski definition) is 9. The summed E-state index contributed by atoms with van der Waals surface area (Å²) in [4.78, 5) is 21.7. The van der Waals surface area contributed by atoms with Crippen molar-refractivity contribution in [3.05, 3.63) is 65.0 Å². The first-order valence-corrected chi connectivity index (χ1v) is 17.5. The Morgan fingerprint density at radius 2 is 1.67 bits per heavy atom. The standard InChI is InChI=1S/C36H44N4O3S2/c1-7-8-9-10-22-43-28-18-12-25(13-19-28)30(33(41)42-6)23-29-24-31-32(44-29)37-34(45-31)39-38-26-14-16-27(17-15-26)40-35(2,3)20-11-21-36(40,4)5/h12-19,23-24H,7-11,20-22H2,1-6H3/b30-23-,39-38?. The molecule has 238 valence electrons. The van der Waals surface area contributed by atoms with Gasteiger partial charge in [0.05, 0.1) is 29.7 Å². The lowest BCUT2D eigenvalue weighted by Crippen LogP contribution is -2.58. The van der Waals surface area contributed by atoms with E-state index in [9.17, 15) is 4.79 Å². The number of ether oxygens (including phenoxy) is 2. The topological polar surface area (TPSA) is 76.4 Å².